The Balaban J connectivity index is 1.76. The summed E-state index contributed by atoms with van der Waals surface area (Å²) in [4.78, 5) is 37.2. The molecule has 0 spiro atoms. The van der Waals surface area contributed by atoms with Gasteiger partial charge in [0.2, 0.25) is 5.95 Å². The van der Waals surface area contributed by atoms with Gasteiger partial charge in [0.25, 0.3) is 0 Å². The molecular weight excluding hydrogens is 496 g/mol. The summed E-state index contributed by atoms with van der Waals surface area (Å²) in [5.74, 6) is -0.575. The maximum absolute atomic E-state index is 12.4. The lowest BCUT2D eigenvalue weighted by Gasteiger charge is -2.19. The first-order valence-corrected chi connectivity index (χ1v) is 14.8. The minimum Gasteiger partial charge on any atom is -0.465 e. The van der Waals surface area contributed by atoms with Crippen LogP contribution in [0.25, 0.3) is 11.2 Å². The summed E-state index contributed by atoms with van der Waals surface area (Å²) >= 11 is 0. The highest BCUT2D eigenvalue weighted by atomic mass is 16.5. The third-order valence-corrected chi connectivity index (χ3v) is 7.06. The van der Waals surface area contributed by atoms with E-state index >= 15 is 0 Å². The van der Waals surface area contributed by atoms with Gasteiger partial charge in [0.05, 0.1) is 25.7 Å². The van der Waals surface area contributed by atoms with Gasteiger partial charge in [-0.25, -0.2) is 9.97 Å². The second-order valence-corrected chi connectivity index (χ2v) is 10.9. The normalized spacial score (nSPS) is 13.1. The molecule has 0 fully saturated rings. The molecule has 10 nitrogen and oxygen atoms in total. The molecule has 0 aromatic carbocycles. The van der Waals surface area contributed by atoms with Crippen LogP contribution in [0.4, 0.5) is 5.95 Å². The molecule has 0 radical (unpaired) electrons. The number of ether oxygens (including phenoxy) is 2. The minimum atomic E-state index is -0.663. The lowest BCUT2D eigenvalue weighted by molar-refractivity contribution is -0.149. The summed E-state index contributed by atoms with van der Waals surface area (Å²) in [6, 6.07) is -0.663. The Kier molecular flexibility index (Phi) is 15.4. The van der Waals surface area contributed by atoms with Crippen LogP contribution >= 0.6 is 0 Å². The number of aromatic nitrogens is 4. The highest BCUT2D eigenvalue weighted by molar-refractivity contribution is 5.75. The van der Waals surface area contributed by atoms with Gasteiger partial charge in [-0.1, -0.05) is 85.0 Å². The van der Waals surface area contributed by atoms with Crippen molar-refractivity contribution in [3.63, 3.8) is 0 Å². The number of rotatable bonds is 21. The maximum atomic E-state index is 12.4. The zero-order valence-corrected chi connectivity index (χ0v) is 24.3. The van der Waals surface area contributed by atoms with Crippen molar-refractivity contribution in [1.29, 1.82) is 0 Å². The van der Waals surface area contributed by atoms with Crippen molar-refractivity contribution in [1.82, 2.24) is 19.5 Å². The molecule has 2 aromatic rings. The Morgan fingerprint density at radius 3 is 2.23 bits per heavy atom. The predicted octanol–water partition coefficient (Wildman–Crippen LogP) is 5.19. The van der Waals surface area contributed by atoms with Gasteiger partial charge in [-0.3, -0.25) is 9.59 Å². The van der Waals surface area contributed by atoms with E-state index in [0.29, 0.717) is 30.6 Å². The number of imidazole rings is 1. The minimum absolute atomic E-state index is 0.00717. The third-order valence-electron chi connectivity index (χ3n) is 7.06. The molecule has 0 bridgehead atoms. The number of carbonyl (C=O) groups excluding carboxylic acids is 2. The summed E-state index contributed by atoms with van der Waals surface area (Å²) < 4.78 is 12.9. The summed E-state index contributed by atoms with van der Waals surface area (Å²) in [6.07, 6.45) is 17.7. The highest BCUT2D eigenvalue weighted by Gasteiger charge is 2.21. The van der Waals surface area contributed by atoms with Crippen LogP contribution in [0.1, 0.15) is 104 Å². The monoisotopic (exact) mass is 546 g/mol. The Morgan fingerprint density at radius 2 is 1.59 bits per heavy atom. The molecular formula is C29H50N6O4. The van der Waals surface area contributed by atoms with Crippen LogP contribution in [-0.4, -0.2) is 50.7 Å². The first kappa shape index (κ1) is 32.5. The van der Waals surface area contributed by atoms with Gasteiger partial charge < -0.3 is 25.5 Å². The van der Waals surface area contributed by atoms with Crippen LogP contribution < -0.4 is 11.5 Å². The fourth-order valence-electron chi connectivity index (χ4n) is 4.42. The molecule has 10 heteroatoms. The topological polar surface area (TPSA) is 148 Å². The molecule has 0 saturated heterocycles. The zero-order valence-electron chi connectivity index (χ0n) is 24.3. The maximum Gasteiger partial charge on any atom is 0.323 e. The first-order valence-electron chi connectivity index (χ1n) is 14.8. The van der Waals surface area contributed by atoms with E-state index in [-0.39, 0.29) is 37.0 Å². The van der Waals surface area contributed by atoms with Gasteiger partial charge in [-0.2, -0.15) is 4.98 Å². The highest BCUT2D eigenvalue weighted by Crippen LogP contribution is 2.17. The van der Waals surface area contributed by atoms with E-state index < -0.39 is 12.0 Å². The van der Waals surface area contributed by atoms with Gasteiger partial charge in [-0.15, -0.1) is 0 Å². The largest absolute Gasteiger partial charge is 0.465 e. The van der Waals surface area contributed by atoms with Crippen molar-refractivity contribution in [2.45, 2.75) is 117 Å². The fourth-order valence-corrected chi connectivity index (χ4v) is 4.42. The third kappa shape index (κ3) is 12.8. The van der Waals surface area contributed by atoms with Crippen molar-refractivity contribution in [3.05, 3.63) is 12.5 Å². The number of esters is 2. The Bertz CT molecular complexity index is 980. The average molecular weight is 547 g/mol. The molecule has 39 heavy (non-hydrogen) atoms. The van der Waals surface area contributed by atoms with Crippen LogP contribution in [-0.2, 0) is 25.6 Å². The number of nitrogens with zero attached hydrogens (tertiary/aromatic N) is 4. The van der Waals surface area contributed by atoms with Crippen LogP contribution in [0.5, 0.6) is 0 Å². The second-order valence-electron chi connectivity index (χ2n) is 10.9. The smallest absolute Gasteiger partial charge is 0.323 e. The molecule has 2 heterocycles. The number of unbranched alkanes of at least 4 members (excludes halogenated alkanes) is 10. The number of carbonyl (C=O) groups is 2. The summed E-state index contributed by atoms with van der Waals surface area (Å²) in [7, 11) is 0. The summed E-state index contributed by atoms with van der Waals surface area (Å²) in [6.45, 7) is 6.87. The molecule has 0 saturated carbocycles. The van der Waals surface area contributed by atoms with Crippen LogP contribution in [0.3, 0.4) is 0 Å². The number of hydrogen-bond donors (Lipinski definition) is 2. The molecule has 2 atom stereocenters. The molecule has 2 rings (SSSR count). The Morgan fingerprint density at radius 1 is 0.949 bits per heavy atom. The van der Waals surface area contributed by atoms with Crippen LogP contribution in [0.15, 0.2) is 12.5 Å². The second kappa shape index (κ2) is 18.5. The van der Waals surface area contributed by atoms with Crippen molar-refractivity contribution in [2.24, 2.45) is 17.6 Å². The predicted molar refractivity (Wildman–Crippen MR) is 154 cm³/mol. The molecule has 0 aliphatic rings. The molecule has 0 aliphatic heterocycles. The Labute approximate surface area is 233 Å². The van der Waals surface area contributed by atoms with E-state index in [2.05, 4.69) is 21.9 Å². The molecule has 4 N–H and O–H groups in total. The van der Waals surface area contributed by atoms with E-state index in [1.807, 2.05) is 18.4 Å². The van der Waals surface area contributed by atoms with E-state index in [1.54, 1.807) is 12.5 Å². The van der Waals surface area contributed by atoms with E-state index in [1.165, 1.54) is 51.4 Å². The van der Waals surface area contributed by atoms with Crippen molar-refractivity contribution >= 4 is 29.1 Å². The van der Waals surface area contributed by atoms with Crippen molar-refractivity contribution < 1.29 is 19.1 Å². The standard InChI is InChI=1S/C29H50N6O4/c1-4-5-6-7-8-9-10-11-12-13-14-15-25(36)39-20-23(16-17-38-28(37)26(30)22(2)3)19-35-21-33-24-18-32-29(31)34-27(24)35/h18,21-23,26H,4-17,19-20,30H2,1-3H3,(H2,31,32,34)/t23?,26-/m0/s1. The van der Waals surface area contributed by atoms with E-state index in [9.17, 15) is 9.59 Å². The first-order chi connectivity index (χ1) is 18.8. The SMILES string of the molecule is CCCCCCCCCCCCCC(=O)OCC(CCOC(=O)[C@@H](N)C(C)C)Cn1cnc2cnc(N)nc21. The molecule has 0 amide bonds. The molecule has 2 aromatic heterocycles. The van der Waals surface area contributed by atoms with Gasteiger partial charge in [0, 0.05) is 18.9 Å². The Hall–Kier alpha value is -2.75. The van der Waals surface area contributed by atoms with E-state index in [4.69, 9.17) is 20.9 Å². The average Bonchev–Trinajstić information content (AvgIpc) is 3.31. The molecule has 0 aliphatic carbocycles. The molecule has 220 valence electrons. The zero-order chi connectivity index (χ0) is 28.5. The fraction of sp³-hybridized carbons (Fsp3) is 0.759. The number of nitrogen functional groups attached to an aromatic ring is 1. The van der Waals surface area contributed by atoms with Crippen LogP contribution in [0, 0.1) is 11.8 Å². The number of hydrogen-bond acceptors (Lipinski definition) is 9. The summed E-state index contributed by atoms with van der Waals surface area (Å²) in [5.41, 5.74) is 12.9. The molecule has 1 unspecified atom stereocenters. The lowest BCUT2D eigenvalue weighted by atomic mass is 10.1. The van der Waals surface area contributed by atoms with Crippen molar-refractivity contribution in [2.75, 3.05) is 18.9 Å². The van der Waals surface area contributed by atoms with Crippen molar-refractivity contribution in [3.8, 4) is 0 Å². The number of nitrogens with two attached hydrogens (primary N) is 2. The van der Waals surface area contributed by atoms with E-state index in [0.717, 1.165) is 19.3 Å². The lowest BCUT2D eigenvalue weighted by Crippen LogP contribution is -2.37. The number of fused-ring (bicyclic) bond motifs is 1. The summed E-state index contributed by atoms with van der Waals surface area (Å²) in [5, 5.41) is 0. The number of anilines is 1. The van der Waals surface area contributed by atoms with Gasteiger partial charge in [0.15, 0.2) is 5.65 Å². The quantitative estimate of drug-likeness (QED) is 0.159. The van der Waals surface area contributed by atoms with Gasteiger partial charge in [0.1, 0.15) is 11.6 Å². The van der Waals surface area contributed by atoms with Gasteiger partial charge >= 0.3 is 11.9 Å². The van der Waals surface area contributed by atoms with Gasteiger partial charge in [-0.05, 0) is 18.8 Å². The van der Waals surface area contributed by atoms with Crippen LogP contribution in [0.2, 0.25) is 0 Å².